The van der Waals surface area contributed by atoms with Crippen LogP contribution < -0.4 is 4.74 Å². The first-order valence-corrected chi connectivity index (χ1v) is 6.86. The average Bonchev–Trinajstić information content (AvgIpc) is 2.35. The van der Waals surface area contributed by atoms with Crippen molar-refractivity contribution in [1.29, 1.82) is 0 Å². The molecule has 0 aliphatic carbocycles. The van der Waals surface area contributed by atoms with E-state index in [2.05, 4.69) is 15.9 Å². The molecule has 0 saturated carbocycles. The summed E-state index contributed by atoms with van der Waals surface area (Å²) in [4.78, 5) is 12.3. The fourth-order valence-corrected chi connectivity index (χ4v) is 2.19. The first-order chi connectivity index (χ1) is 9.73. The van der Waals surface area contributed by atoms with Gasteiger partial charge < -0.3 is 14.7 Å². The van der Waals surface area contributed by atoms with E-state index in [9.17, 15) is 18.0 Å². The van der Waals surface area contributed by atoms with Gasteiger partial charge in [0.15, 0.2) is 6.61 Å². The van der Waals surface area contributed by atoms with Crippen molar-refractivity contribution in [3.8, 4) is 5.75 Å². The molecule has 21 heavy (non-hydrogen) atoms. The van der Waals surface area contributed by atoms with Crippen LogP contribution in [-0.4, -0.2) is 48.4 Å². The van der Waals surface area contributed by atoms with E-state index in [0.717, 1.165) is 5.56 Å². The van der Waals surface area contributed by atoms with E-state index in [1.54, 1.807) is 18.2 Å². The number of nitrogens with zero attached hydrogens (tertiary/aromatic N) is 1. The molecular weight excluding hydrogens is 355 g/mol. The molecule has 4 nitrogen and oxygen atoms in total. The monoisotopic (exact) mass is 369 g/mol. The molecule has 0 aromatic heterocycles. The second kappa shape index (κ2) is 7.65. The van der Waals surface area contributed by atoms with E-state index >= 15 is 0 Å². The van der Waals surface area contributed by atoms with Gasteiger partial charge in [0, 0.05) is 6.54 Å². The van der Waals surface area contributed by atoms with Gasteiger partial charge in [0.05, 0.1) is 11.1 Å². The third kappa shape index (κ3) is 6.34. The van der Waals surface area contributed by atoms with Crippen molar-refractivity contribution in [2.75, 3.05) is 26.3 Å². The Hall–Kier alpha value is -1.28. The number of amides is 1. The summed E-state index contributed by atoms with van der Waals surface area (Å²) in [6.45, 7) is -1.01. The Balaban J connectivity index is 2.64. The Labute approximate surface area is 128 Å². The maximum atomic E-state index is 12.3. The number of aliphatic hydroxyl groups excluding tert-OH is 1. The van der Waals surface area contributed by atoms with Crippen LogP contribution in [0.2, 0.25) is 0 Å². The maximum Gasteiger partial charge on any atom is 0.406 e. The first-order valence-electron chi connectivity index (χ1n) is 6.07. The SMILES string of the molecule is Cc1ccc(OCC(=O)N(CCO)CC(F)(F)F)c(Br)c1. The molecule has 118 valence electrons. The molecule has 0 heterocycles. The molecule has 1 aromatic carbocycles. The maximum absolute atomic E-state index is 12.3. The van der Waals surface area contributed by atoms with Gasteiger partial charge in [0.2, 0.25) is 0 Å². The van der Waals surface area contributed by atoms with Gasteiger partial charge in [-0.15, -0.1) is 0 Å². The summed E-state index contributed by atoms with van der Waals surface area (Å²) in [5.74, 6) is -0.473. The topological polar surface area (TPSA) is 49.8 Å². The number of hydrogen-bond acceptors (Lipinski definition) is 3. The van der Waals surface area contributed by atoms with Crippen LogP contribution in [0.3, 0.4) is 0 Å². The van der Waals surface area contributed by atoms with Gasteiger partial charge in [0.1, 0.15) is 12.3 Å². The summed E-state index contributed by atoms with van der Waals surface area (Å²) in [7, 11) is 0. The highest BCUT2D eigenvalue weighted by molar-refractivity contribution is 9.10. The van der Waals surface area contributed by atoms with Gasteiger partial charge in [-0.05, 0) is 40.5 Å². The minimum absolute atomic E-state index is 0.366. The van der Waals surface area contributed by atoms with Crippen molar-refractivity contribution < 1.29 is 27.8 Å². The summed E-state index contributed by atoms with van der Waals surface area (Å²) >= 11 is 3.24. The highest BCUT2D eigenvalue weighted by Gasteiger charge is 2.32. The lowest BCUT2D eigenvalue weighted by Gasteiger charge is -2.23. The molecule has 1 N–H and O–H groups in total. The number of alkyl halides is 3. The smallest absolute Gasteiger partial charge is 0.406 e. The first kappa shape index (κ1) is 17.8. The van der Waals surface area contributed by atoms with E-state index < -0.39 is 38.4 Å². The van der Waals surface area contributed by atoms with Crippen LogP contribution in [0.15, 0.2) is 22.7 Å². The number of hydrogen-bond donors (Lipinski definition) is 1. The number of aliphatic hydroxyl groups is 1. The third-order valence-electron chi connectivity index (χ3n) is 2.53. The average molecular weight is 370 g/mol. The zero-order valence-electron chi connectivity index (χ0n) is 11.3. The lowest BCUT2D eigenvalue weighted by atomic mass is 10.2. The summed E-state index contributed by atoms with van der Waals surface area (Å²) in [5.41, 5.74) is 0.972. The standard InChI is InChI=1S/C13H15BrF3NO3/c1-9-2-3-11(10(14)6-9)21-7-12(20)18(4-5-19)8-13(15,16)17/h2-3,6,19H,4-5,7-8H2,1H3. The normalized spacial score (nSPS) is 11.3. The van der Waals surface area contributed by atoms with Crippen molar-refractivity contribution in [3.05, 3.63) is 28.2 Å². The molecule has 1 aromatic rings. The Kier molecular flexibility index (Phi) is 6.47. The Bertz CT molecular complexity index is 494. The van der Waals surface area contributed by atoms with Gasteiger partial charge in [-0.2, -0.15) is 13.2 Å². The molecular formula is C13H15BrF3NO3. The van der Waals surface area contributed by atoms with Crippen molar-refractivity contribution in [1.82, 2.24) is 4.90 Å². The van der Waals surface area contributed by atoms with Crippen LogP contribution in [0.5, 0.6) is 5.75 Å². The number of carbonyl (C=O) groups excluding carboxylic acids is 1. The number of aryl methyl sites for hydroxylation is 1. The van der Waals surface area contributed by atoms with Crippen LogP contribution >= 0.6 is 15.9 Å². The highest BCUT2D eigenvalue weighted by Crippen LogP contribution is 2.25. The van der Waals surface area contributed by atoms with Gasteiger partial charge in [0.25, 0.3) is 5.91 Å². The number of rotatable bonds is 6. The van der Waals surface area contributed by atoms with Crippen LogP contribution in [0.25, 0.3) is 0 Å². The predicted octanol–water partition coefficient (Wildman–Crippen LogP) is 2.52. The van der Waals surface area contributed by atoms with Crippen molar-refractivity contribution in [2.24, 2.45) is 0 Å². The summed E-state index contributed by atoms with van der Waals surface area (Å²) in [6.07, 6.45) is -4.52. The van der Waals surface area contributed by atoms with Gasteiger partial charge in [-0.3, -0.25) is 4.79 Å². The fraction of sp³-hybridized carbons (Fsp3) is 0.462. The van der Waals surface area contributed by atoms with Gasteiger partial charge in [-0.25, -0.2) is 0 Å². The zero-order valence-corrected chi connectivity index (χ0v) is 12.9. The van der Waals surface area contributed by atoms with Crippen LogP contribution in [-0.2, 0) is 4.79 Å². The lowest BCUT2D eigenvalue weighted by molar-refractivity contribution is -0.163. The Morgan fingerprint density at radius 1 is 1.43 bits per heavy atom. The molecule has 0 radical (unpaired) electrons. The minimum atomic E-state index is -4.52. The van der Waals surface area contributed by atoms with Crippen molar-refractivity contribution >= 4 is 21.8 Å². The van der Waals surface area contributed by atoms with Gasteiger partial charge >= 0.3 is 6.18 Å². The number of benzene rings is 1. The van der Waals surface area contributed by atoms with E-state index in [-0.39, 0.29) is 0 Å². The Morgan fingerprint density at radius 2 is 2.10 bits per heavy atom. The minimum Gasteiger partial charge on any atom is -0.483 e. The van der Waals surface area contributed by atoms with E-state index in [1.165, 1.54) is 0 Å². The van der Waals surface area contributed by atoms with Crippen LogP contribution in [0.4, 0.5) is 13.2 Å². The van der Waals surface area contributed by atoms with Crippen LogP contribution in [0, 0.1) is 6.92 Å². The van der Waals surface area contributed by atoms with E-state index in [0.29, 0.717) is 15.1 Å². The molecule has 0 aliphatic rings. The summed E-state index contributed by atoms with van der Waals surface area (Å²) in [5, 5.41) is 8.73. The van der Waals surface area contributed by atoms with E-state index in [4.69, 9.17) is 9.84 Å². The quantitative estimate of drug-likeness (QED) is 0.838. The third-order valence-corrected chi connectivity index (χ3v) is 3.15. The predicted molar refractivity (Wildman–Crippen MR) is 74.1 cm³/mol. The fourth-order valence-electron chi connectivity index (χ4n) is 1.58. The lowest BCUT2D eigenvalue weighted by Crippen LogP contribution is -2.42. The number of ether oxygens (including phenoxy) is 1. The Morgan fingerprint density at radius 3 is 2.62 bits per heavy atom. The molecule has 1 amide bonds. The molecule has 8 heteroatoms. The molecule has 1 rings (SSSR count). The molecule has 0 bridgehead atoms. The molecule has 0 aliphatic heterocycles. The zero-order chi connectivity index (χ0) is 16.0. The van der Waals surface area contributed by atoms with Crippen molar-refractivity contribution in [2.45, 2.75) is 13.1 Å². The second-order valence-corrected chi connectivity index (χ2v) is 5.23. The molecule has 0 atom stereocenters. The van der Waals surface area contributed by atoms with Gasteiger partial charge in [-0.1, -0.05) is 6.07 Å². The van der Waals surface area contributed by atoms with Crippen molar-refractivity contribution in [3.63, 3.8) is 0 Å². The number of halogens is 4. The molecule has 0 unspecified atom stereocenters. The molecule has 0 saturated heterocycles. The largest absolute Gasteiger partial charge is 0.483 e. The van der Waals surface area contributed by atoms with Crippen LogP contribution in [0.1, 0.15) is 5.56 Å². The molecule has 0 spiro atoms. The molecule has 0 fully saturated rings. The number of carbonyl (C=O) groups is 1. The summed E-state index contributed by atoms with van der Waals surface area (Å²) < 4.78 is 42.8. The van der Waals surface area contributed by atoms with E-state index in [1.807, 2.05) is 6.92 Å². The summed E-state index contributed by atoms with van der Waals surface area (Å²) in [6, 6.07) is 5.14. The highest BCUT2D eigenvalue weighted by atomic mass is 79.9. The second-order valence-electron chi connectivity index (χ2n) is 4.38.